The maximum atomic E-state index is 5.74. The van der Waals surface area contributed by atoms with Gasteiger partial charge in [0.15, 0.2) is 0 Å². The van der Waals surface area contributed by atoms with E-state index in [9.17, 15) is 0 Å². The molecule has 2 aliphatic carbocycles. The lowest BCUT2D eigenvalue weighted by atomic mass is 9.75. The molecule has 2 aliphatic rings. The van der Waals surface area contributed by atoms with Crippen molar-refractivity contribution in [2.75, 3.05) is 14.2 Å². The third-order valence-corrected chi connectivity index (χ3v) is 9.80. The number of methoxy groups -OCH3 is 2. The fourth-order valence-electron chi connectivity index (χ4n) is 7.45. The fraction of sp³-hybridized carbons (Fsp3) is 0.234. The van der Waals surface area contributed by atoms with Gasteiger partial charge in [-0.1, -0.05) is 126 Å². The molecule has 0 spiro atoms. The smallest absolute Gasteiger partial charge is 0.123 e. The van der Waals surface area contributed by atoms with Gasteiger partial charge in [0.25, 0.3) is 0 Å². The van der Waals surface area contributed by atoms with Gasteiger partial charge in [0.2, 0.25) is 0 Å². The lowest BCUT2D eigenvalue weighted by molar-refractivity contribution is 0.394. The molecule has 245 valence electrons. The zero-order valence-corrected chi connectivity index (χ0v) is 30.0. The van der Waals surface area contributed by atoms with Crippen LogP contribution >= 0.6 is 0 Å². The van der Waals surface area contributed by atoms with Crippen LogP contribution in [0, 0.1) is 0 Å². The van der Waals surface area contributed by atoms with Crippen molar-refractivity contribution >= 4 is 22.8 Å². The van der Waals surface area contributed by atoms with Crippen LogP contribution < -0.4 is 19.9 Å². The second kappa shape index (κ2) is 12.4. The van der Waals surface area contributed by atoms with Crippen molar-refractivity contribution in [1.82, 2.24) is 0 Å². The molecular formula is C47H45O2. The first kappa shape index (κ1) is 32.5. The molecule has 0 fully saturated rings. The molecule has 0 saturated heterocycles. The summed E-state index contributed by atoms with van der Waals surface area (Å²) in [5.41, 5.74) is 14.6. The molecule has 0 aliphatic heterocycles. The van der Waals surface area contributed by atoms with E-state index >= 15 is 0 Å². The minimum Gasteiger partial charge on any atom is -0.497 e. The Morgan fingerprint density at radius 2 is 1.27 bits per heavy atom. The average molecular weight is 642 g/mol. The van der Waals surface area contributed by atoms with Gasteiger partial charge in [-0.25, -0.2) is 0 Å². The van der Waals surface area contributed by atoms with E-state index < -0.39 is 0 Å². The van der Waals surface area contributed by atoms with Gasteiger partial charge in [-0.3, -0.25) is 0 Å². The van der Waals surface area contributed by atoms with Gasteiger partial charge in [-0.05, 0) is 125 Å². The molecule has 5 aromatic rings. The largest absolute Gasteiger partial charge is 0.497 e. The predicted octanol–water partition coefficient (Wildman–Crippen LogP) is 10.1. The van der Waals surface area contributed by atoms with Gasteiger partial charge < -0.3 is 9.47 Å². The minimum absolute atomic E-state index is 0.0358. The highest BCUT2D eigenvalue weighted by molar-refractivity contribution is 6.02. The Kier molecular flexibility index (Phi) is 8.23. The standard InChI is InChI=1S/C47H45O2/c1-46(2,3)34-22-23-38-32(24-34)27-41-40(38)29-42(43(30-16-11-9-12-17-30)31-18-13-10-14-19-31)45(47(4,5)6)44(41)39-21-15-20-37(39)33-25-35(48-7)28-36(26-33)49-8/h9-20,22-26,28-29H,21H2,1-8H3. The number of hydrogen-bond donors (Lipinski definition) is 0. The highest BCUT2D eigenvalue weighted by Gasteiger charge is 2.31. The third kappa shape index (κ3) is 5.95. The number of ether oxygens (including phenoxy) is 2. The van der Waals surface area contributed by atoms with Gasteiger partial charge in [0.1, 0.15) is 11.5 Å². The Morgan fingerprint density at radius 1 is 0.653 bits per heavy atom. The summed E-state index contributed by atoms with van der Waals surface area (Å²) in [6.45, 7) is 13.9. The van der Waals surface area contributed by atoms with Crippen molar-refractivity contribution in [3.8, 4) is 22.6 Å². The SMILES string of the molecule is COc1cc(OC)cc(C2=C(c3c(C(C)(C)C)c(=C(c4ccccc4)c4ccccc4)cc4c3=[C]c3cc(C(C)(C)C)ccc3-4)CC=C2)c1. The van der Waals surface area contributed by atoms with Crippen LogP contribution in [-0.2, 0) is 10.8 Å². The summed E-state index contributed by atoms with van der Waals surface area (Å²) in [5, 5.41) is 2.44. The highest BCUT2D eigenvalue weighted by Crippen LogP contribution is 2.42. The van der Waals surface area contributed by atoms with E-state index in [0.717, 1.165) is 29.0 Å². The maximum absolute atomic E-state index is 5.74. The molecule has 7 rings (SSSR count). The Bertz CT molecular complexity index is 2190. The van der Waals surface area contributed by atoms with Crippen molar-refractivity contribution in [2.45, 2.75) is 58.8 Å². The van der Waals surface area contributed by atoms with Gasteiger partial charge in [-0.15, -0.1) is 0 Å². The fourth-order valence-corrected chi connectivity index (χ4v) is 7.45. The van der Waals surface area contributed by atoms with Gasteiger partial charge in [0, 0.05) is 6.07 Å². The topological polar surface area (TPSA) is 18.5 Å². The quantitative estimate of drug-likeness (QED) is 0.180. The van der Waals surface area contributed by atoms with E-state index in [-0.39, 0.29) is 10.8 Å². The van der Waals surface area contributed by atoms with E-state index in [1.54, 1.807) is 14.2 Å². The summed E-state index contributed by atoms with van der Waals surface area (Å²) < 4.78 is 11.5. The summed E-state index contributed by atoms with van der Waals surface area (Å²) in [6, 6.07) is 37.4. The number of fused-ring (bicyclic) bond motifs is 3. The van der Waals surface area contributed by atoms with Crippen LogP contribution in [-0.4, -0.2) is 14.2 Å². The van der Waals surface area contributed by atoms with Crippen LogP contribution in [0.1, 0.15) is 86.9 Å². The zero-order chi connectivity index (χ0) is 34.5. The Morgan fingerprint density at radius 3 is 1.82 bits per heavy atom. The molecule has 5 aromatic carbocycles. The average Bonchev–Trinajstić information content (AvgIpc) is 3.72. The van der Waals surface area contributed by atoms with Gasteiger partial charge in [-0.2, -0.15) is 0 Å². The first-order valence-corrected chi connectivity index (χ1v) is 17.2. The number of allylic oxidation sites excluding steroid dienone is 4. The molecule has 0 atom stereocenters. The first-order chi connectivity index (χ1) is 23.5. The second-order valence-electron chi connectivity index (χ2n) is 15.2. The molecule has 2 heteroatoms. The maximum Gasteiger partial charge on any atom is 0.123 e. The van der Waals surface area contributed by atoms with Crippen LogP contribution in [0.3, 0.4) is 0 Å². The van der Waals surface area contributed by atoms with Crippen LogP contribution in [0.5, 0.6) is 11.5 Å². The molecule has 0 bridgehead atoms. The van der Waals surface area contributed by atoms with Crippen molar-refractivity contribution in [3.63, 3.8) is 0 Å². The highest BCUT2D eigenvalue weighted by atomic mass is 16.5. The van der Waals surface area contributed by atoms with Gasteiger partial charge in [0.05, 0.1) is 14.2 Å². The minimum atomic E-state index is -0.200. The molecule has 0 amide bonds. The molecule has 2 nitrogen and oxygen atoms in total. The summed E-state index contributed by atoms with van der Waals surface area (Å²) in [6.07, 6.45) is 9.38. The summed E-state index contributed by atoms with van der Waals surface area (Å²) in [5.74, 6) is 1.56. The van der Waals surface area contributed by atoms with E-state index in [0.29, 0.717) is 0 Å². The summed E-state index contributed by atoms with van der Waals surface area (Å²) >= 11 is 0. The number of hydrogen-bond acceptors (Lipinski definition) is 2. The van der Waals surface area contributed by atoms with Crippen molar-refractivity contribution < 1.29 is 9.47 Å². The van der Waals surface area contributed by atoms with Crippen LogP contribution in [0.25, 0.3) is 33.9 Å². The summed E-state index contributed by atoms with van der Waals surface area (Å²) in [4.78, 5) is 0. The van der Waals surface area contributed by atoms with E-state index in [4.69, 9.17) is 9.47 Å². The summed E-state index contributed by atoms with van der Waals surface area (Å²) in [7, 11) is 3.42. The molecule has 0 saturated carbocycles. The van der Waals surface area contributed by atoms with Crippen molar-refractivity contribution in [1.29, 1.82) is 0 Å². The predicted molar refractivity (Wildman–Crippen MR) is 206 cm³/mol. The number of rotatable bonds is 6. The molecule has 1 radical (unpaired) electrons. The molecule has 0 heterocycles. The molecule has 49 heavy (non-hydrogen) atoms. The van der Waals surface area contributed by atoms with E-state index in [1.807, 2.05) is 6.07 Å². The monoisotopic (exact) mass is 641 g/mol. The Labute approximate surface area is 291 Å². The van der Waals surface area contributed by atoms with Crippen molar-refractivity contribution in [2.24, 2.45) is 0 Å². The zero-order valence-electron chi connectivity index (χ0n) is 30.0. The molecular weight excluding hydrogens is 597 g/mol. The van der Waals surface area contributed by atoms with Crippen LogP contribution in [0.2, 0.25) is 0 Å². The van der Waals surface area contributed by atoms with Gasteiger partial charge >= 0.3 is 0 Å². The third-order valence-electron chi connectivity index (χ3n) is 9.80. The second-order valence-corrected chi connectivity index (χ2v) is 15.2. The van der Waals surface area contributed by atoms with Crippen molar-refractivity contribution in [3.05, 3.63) is 165 Å². The Balaban J connectivity index is 1.69. The van der Waals surface area contributed by atoms with Crippen LogP contribution in [0.15, 0.2) is 115 Å². The lowest BCUT2D eigenvalue weighted by Gasteiger charge is -2.28. The van der Waals surface area contributed by atoms with E-state index in [1.165, 1.54) is 66.1 Å². The first-order valence-electron chi connectivity index (χ1n) is 17.2. The van der Waals surface area contributed by atoms with Crippen LogP contribution in [0.4, 0.5) is 0 Å². The molecule has 0 aromatic heterocycles. The lowest BCUT2D eigenvalue weighted by Crippen LogP contribution is -2.32. The Hall–Kier alpha value is -5.08. The number of benzene rings is 5. The normalized spacial score (nSPS) is 13.6. The molecule has 0 unspecified atom stereocenters. The van der Waals surface area contributed by atoms with E-state index in [2.05, 4.69) is 157 Å². The molecule has 0 N–H and O–H groups in total.